The van der Waals surface area contributed by atoms with Gasteiger partial charge in [-0.25, -0.2) is 4.98 Å². The van der Waals surface area contributed by atoms with E-state index < -0.39 is 0 Å². The number of allylic oxidation sites excluding steroid dienone is 1. The normalized spacial score (nSPS) is 13.9. The molecule has 5 nitrogen and oxygen atoms in total. The third-order valence-electron chi connectivity index (χ3n) is 9.16. The Morgan fingerprint density at radius 3 is 2.23 bits per heavy atom. The Morgan fingerprint density at radius 2 is 1.45 bits per heavy atom. The lowest BCUT2D eigenvalue weighted by atomic mass is 9.88. The summed E-state index contributed by atoms with van der Waals surface area (Å²) < 4.78 is 8.88. The van der Waals surface area contributed by atoms with E-state index in [1.54, 1.807) is 0 Å². The van der Waals surface area contributed by atoms with Crippen LogP contribution in [0.15, 0.2) is 115 Å². The lowest BCUT2D eigenvalue weighted by Gasteiger charge is -2.31. The van der Waals surface area contributed by atoms with Crippen LogP contribution in [0.5, 0.6) is 11.5 Å². The maximum atomic E-state index is 6.63. The number of rotatable bonds is 5. The van der Waals surface area contributed by atoms with Crippen molar-refractivity contribution >= 4 is 33.2 Å². The van der Waals surface area contributed by atoms with Crippen molar-refractivity contribution < 1.29 is 4.74 Å². The summed E-state index contributed by atoms with van der Waals surface area (Å²) >= 11 is 0. The zero-order valence-electron chi connectivity index (χ0n) is 28.8. The molecular weight excluding hydrogens is 576 g/mol. The van der Waals surface area contributed by atoms with E-state index in [-0.39, 0.29) is 10.8 Å². The monoisotopic (exact) mass is 620 g/mol. The molecule has 0 bridgehead atoms. The third-order valence-corrected chi connectivity index (χ3v) is 9.16. The lowest BCUT2D eigenvalue weighted by molar-refractivity contribution is 0.481. The number of hydrogen-bond acceptors (Lipinski definition) is 4. The zero-order chi connectivity index (χ0) is 33.1. The van der Waals surface area contributed by atoms with Crippen molar-refractivity contribution in [3.8, 4) is 17.3 Å². The molecule has 4 aromatic carbocycles. The van der Waals surface area contributed by atoms with Gasteiger partial charge in [0.15, 0.2) is 0 Å². The molecule has 0 fully saturated rings. The van der Waals surface area contributed by atoms with Crippen LogP contribution in [0, 0.1) is 19.3 Å². The largest absolute Gasteiger partial charge is 0.457 e. The van der Waals surface area contributed by atoms with Gasteiger partial charge >= 0.3 is 0 Å². The third kappa shape index (κ3) is 5.76. The molecule has 1 aliphatic heterocycles. The zero-order valence-corrected chi connectivity index (χ0v) is 28.8. The molecule has 5 heteroatoms. The number of fused-ring (bicyclic) bond motifs is 3. The number of benzene rings is 4. The molecule has 7 rings (SSSR count). The van der Waals surface area contributed by atoms with Crippen LogP contribution in [0.3, 0.4) is 0 Å². The SMILES string of the molecule is Cc1ccc(C)c(N2C=C(C(C)(C)C)N(c3cccc(Oc4ccc5c6ccccc6n(-c6cc(C(C)(C)C)ccn6)c5c4)c3)C2)c1. The van der Waals surface area contributed by atoms with E-state index in [0.717, 1.165) is 40.7 Å². The lowest BCUT2D eigenvalue weighted by Crippen LogP contribution is -2.30. The molecule has 0 atom stereocenters. The Bertz CT molecular complexity index is 2160. The Hall–Kier alpha value is -5.03. The number of aromatic nitrogens is 2. The van der Waals surface area contributed by atoms with Crippen molar-refractivity contribution in [3.05, 3.63) is 132 Å². The molecule has 0 amide bonds. The van der Waals surface area contributed by atoms with Crippen LogP contribution >= 0.6 is 0 Å². The average Bonchev–Trinajstić information content (AvgIpc) is 3.62. The highest BCUT2D eigenvalue weighted by Gasteiger charge is 2.32. The molecule has 0 spiro atoms. The molecule has 0 N–H and O–H groups in total. The highest BCUT2D eigenvalue weighted by atomic mass is 16.5. The summed E-state index contributed by atoms with van der Waals surface area (Å²) in [5, 5.41) is 2.37. The van der Waals surface area contributed by atoms with Crippen LogP contribution < -0.4 is 14.5 Å². The standard InChI is InChI=1S/C42H44N4O/c1-28-16-17-29(2)37(22-28)44-26-39(42(6,7)8)45(27-44)31-12-11-13-32(24-31)47-33-18-19-35-34-14-9-10-15-36(34)46(38(35)25-33)40-23-30(20-21-43-40)41(3,4)5/h9-26H,27H2,1-8H3. The van der Waals surface area contributed by atoms with Gasteiger partial charge in [-0.3, -0.25) is 4.57 Å². The van der Waals surface area contributed by atoms with Crippen LogP contribution in [0.2, 0.25) is 0 Å². The van der Waals surface area contributed by atoms with E-state index in [9.17, 15) is 0 Å². The Morgan fingerprint density at radius 1 is 0.681 bits per heavy atom. The van der Waals surface area contributed by atoms with E-state index in [1.807, 2.05) is 12.3 Å². The minimum Gasteiger partial charge on any atom is -0.457 e. The van der Waals surface area contributed by atoms with E-state index >= 15 is 0 Å². The van der Waals surface area contributed by atoms with Crippen molar-refractivity contribution in [2.75, 3.05) is 16.5 Å². The molecule has 0 saturated heterocycles. The van der Waals surface area contributed by atoms with Crippen LogP contribution in [-0.4, -0.2) is 16.2 Å². The molecule has 0 aliphatic carbocycles. The first-order valence-corrected chi connectivity index (χ1v) is 16.5. The second-order valence-corrected chi connectivity index (χ2v) is 14.9. The number of pyridine rings is 1. The van der Waals surface area contributed by atoms with Gasteiger partial charge in [0.2, 0.25) is 0 Å². The minimum absolute atomic E-state index is 0.0169. The number of nitrogens with zero attached hydrogens (tertiary/aromatic N) is 4. The first-order valence-electron chi connectivity index (χ1n) is 16.5. The van der Waals surface area contributed by atoms with E-state index in [2.05, 4.69) is 167 Å². The fourth-order valence-corrected chi connectivity index (χ4v) is 6.60. The summed E-state index contributed by atoms with van der Waals surface area (Å²) in [5.74, 6) is 2.50. The van der Waals surface area contributed by atoms with Crippen molar-refractivity contribution in [1.82, 2.24) is 9.55 Å². The molecule has 0 saturated carbocycles. The predicted octanol–water partition coefficient (Wildman–Crippen LogP) is 11.1. The van der Waals surface area contributed by atoms with Crippen LogP contribution in [0.1, 0.15) is 58.2 Å². The summed E-state index contributed by atoms with van der Waals surface area (Å²) in [6.45, 7) is 18.6. The highest BCUT2D eigenvalue weighted by molar-refractivity contribution is 6.09. The molecule has 6 aromatic rings. The van der Waals surface area contributed by atoms with Gasteiger partial charge in [-0.1, -0.05) is 77.9 Å². The average molecular weight is 621 g/mol. The summed E-state index contributed by atoms with van der Waals surface area (Å²) in [4.78, 5) is 9.61. The molecular formula is C42H44N4O. The maximum Gasteiger partial charge on any atom is 0.137 e. The fraction of sp³-hybridized carbons (Fsp3) is 0.262. The van der Waals surface area contributed by atoms with Gasteiger partial charge in [0.25, 0.3) is 0 Å². The summed E-state index contributed by atoms with van der Waals surface area (Å²) in [6, 6.07) is 34.4. The highest BCUT2D eigenvalue weighted by Crippen LogP contribution is 2.41. The van der Waals surface area contributed by atoms with Gasteiger partial charge in [0.1, 0.15) is 17.3 Å². The summed E-state index contributed by atoms with van der Waals surface area (Å²) in [5.41, 5.74) is 9.58. The fourth-order valence-electron chi connectivity index (χ4n) is 6.60. The number of hydrogen-bond donors (Lipinski definition) is 0. The van der Waals surface area contributed by atoms with Crippen molar-refractivity contribution in [1.29, 1.82) is 0 Å². The van der Waals surface area contributed by atoms with Crippen molar-refractivity contribution in [3.63, 3.8) is 0 Å². The molecule has 2 aromatic heterocycles. The summed E-state index contributed by atoms with van der Waals surface area (Å²) in [6.07, 6.45) is 4.23. The molecule has 0 radical (unpaired) electrons. The first-order chi connectivity index (χ1) is 22.4. The second kappa shape index (κ2) is 11.3. The van der Waals surface area contributed by atoms with Gasteiger partial charge in [-0.05, 0) is 84.5 Å². The maximum absolute atomic E-state index is 6.63. The molecule has 47 heavy (non-hydrogen) atoms. The van der Waals surface area contributed by atoms with E-state index in [4.69, 9.17) is 9.72 Å². The quantitative estimate of drug-likeness (QED) is 0.192. The van der Waals surface area contributed by atoms with Gasteiger partial charge < -0.3 is 14.5 Å². The number of anilines is 2. The second-order valence-electron chi connectivity index (χ2n) is 14.9. The van der Waals surface area contributed by atoms with Crippen molar-refractivity contribution in [2.24, 2.45) is 5.41 Å². The molecule has 3 heterocycles. The van der Waals surface area contributed by atoms with Gasteiger partial charge in [-0.2, -0.15) is 0 Å². The smallest absolute Gasteiger partial charge is 0.137 e. The van der Waals surface area contributed by atoms with Crippen LogP contribution in [0.25, 0.3) is 27.6 Å². The van der Waals surface area contributed by atoms with E-state index in [0.29, 0.717) is 0 Å². The Balaban J connectivity index is 1.25. The van der Waals surface area contributed by atoms with Crippen molar-refractivity contribution in [2.45, 2.75) is 60.8 Å². The minimum atomic E-state index is -0.0415. The van der Waals surface area contributed by atoms with Crippen LogP contribution in [-0.2, 0) is 5.41 Å². The van der Waals surface area contributed by atoms with Gasteiger partial charge in [-0.15, -0.1) is 0 Å². The number of aryl methyl sites for hydroxylation is 2. The molecule has 1 aliphatic rings. The van der Waals surface area contributed by atoms with Gasteiger partial charge in [0.05, 0.1) is 17.7 Å². The van der Waals surface area contributed by atoms with Gasteiger partial charge in [0, 0.05) is 57.8 Å². The van der Waals surface area contributed by atoms with Crippen LogP contribution in [0.4, 0.5) is 11.4 Å². The molecule has 238 valence electrons. The Kier molecular flexibility index (Phi) is 7.39. The number of para-hydroxylation sites is 1. The number of ether oxygens (including phenoxy) is 1. The topological polar surface area (TPSA) is 33.5 Å². The Labute approximate surface area is 278 Å². The first kappa shape index (κ1) is 30.6. The predicted molar refractivity (Wildman–Crippen MR) is 197 cm³/mol. The van der Waals surface area contributed by atoms with E-state index in [1.165, 1.54) is 38.8 Å². The summed E-state index contributed by atoms with van der Waals surface area (Å²) in [7, 11) is 0. The molecule has 0 unspecified atom stereocenters.